The second kappa shape index (κ2) is 6.80. The van der Waals surface area contributed by atoms with E-state index in [0.29, 0.717) is 0 Å². The summed E-state index contributed by atoms with van der Waals surface area (Å²) in [6, 6.07) is 8.14. The van der Waals surface area contributed by atoms with E-state index in [9.17, 15) is 4.79 Å². The zero-order valence-corrected chi connectivity index (χ0v) is 12.0. The van der Waals surface area contributed by atoms with Gasteiger partial charge in [0, 0.05) is 6.54 Å². The van der Waals surface area contributed by atoms with Gasteiger partial charge >= 0.3 is 0 Å². The summed E-state index contributed by atoms with van der Waals surface area (Å²) in [5, 5.41) is 0. The van der Waals surface area contributed by atoms with Gasteiger partial charge < -0.3 is 9.64 Å². The molecule has 19 heavy (non-hydrogen) atoms. The molecule has 0 spiro atoms. The predicted octanol–water partition coefficient (Wildman–Crippen LogP) is 3.38. The summed E-state index contributed by atoms with van der Waals surface area (Å²) in [6.07, 6.45) is 4.41. The molecule has 1 aliphatic heterocycles. The molecule has 3 nitrogen and oxygen atoms in total. The third kappa shape index (κ3) is 3.41. The first-order valence-electron chi connectivity index (χ1n) is 6.75. The number of amides is 1. The number of rotatable bonds is 3. The first-order chi connectivity index (χ1) is 9.26. The average Bonchev–Trinajstić information content (AvgIpc) is 2.72. The van der Waals surface area contributed by atoms with E-state index in [1.807, 2.05) is 29.2 Å². The van der Waals surface area contributed by atoms with Crippen molar-refractivity contribution in [2.45, 2.75) is 31.7 Å². The largest absolute Gasteiger partial charge is 0.497 e. The molecule has 1 saturated heterocycles. The number of likely N-dealkylation sites (tertiary alicyclic amines) is 1. The van der Waals surface area contributed by atoms with Crippen LogP contribution in [0.15, 0.2) is 24.3 Å². The first kappa shape index (κ1) is 14.2. The van der Waals surface area contributed by atoms with Crippen molar-refractivity contribution in [1.82, 2.24) is 4.90 Å². The van der Waals surface area contributed by atoms with Crippen LogP contribution in [0.4, 0.5) is 0 Å². The standard InChI is InChI=1S/C15H20ClNO2/c1-19-13-8-6-12(7-9-13)14-5-3-2-4-10-17(14)15(18)11-16/h6-9,14H,2-5,10-11H2,1H3/t14-/m0/s1. The van der Waals surface area contributed by atoms with Crippen molar-refractivity contribution in [2.75, 3.05) is 19.5 Å². The minimum absolute atomic E-state index is 0.0318. The van der Waals surface area contributed by atoms with Gasteiger partial charge in [-0.2, -0.15) is 0 Å². The summed E-state index contributed by atoms with van der Waals surface area (Å²) in [6.45, 7) is 0.808. The van der Waals surface area contributed by atoms with Gasteiger partial charge in [0.2, 0.25) is 5.91 Å². The van der Waals surface area contributed by atoms with Crippen molar-refractivity contribution >= 4 is 17.5 Å². The van der Waals surface area contributed by atoms with Crippen LogP contribution in [0, 0.1) is 0 Å². The van der Waals surface area contributed by atoms with Gasteiger partial charge in [-0.1, -0.05) is 25.0 Å². The molecule has 104 valence electrons. The maximum absolute atomic E-state index is 12.0. The van der Waals surface area contributed by atoms with Crippen molar-refractivity contribution < 1.29 is 9.53 Å². The first-order valence-corrected chi connectivity index (χ1v) is 7.29. The quantitative estimate of drug-likeness (QED) is 0.795. The minimum Gasteiger partial charge on any atom is -0.497 e. The normalized spacial score (nSPS) is 19.9. The molecule has 0 bridgehead atoms. The maximum Gasteiger partial charge on any atom is 0.238 e. The zero-order chi connectivity index (χ0) is 13.7. The summed E-state index contributed by atoms with van der Waals surface area (Å²) < 4.78 is 5.18. The number of halogens is 1. The highest BCUT2D eigenvalue weighted by atomic mass is 35.5. The number of nitrogens with zero attached hydrogens (tertiary/aromatic N) is 1. The monoisotopic (exact) mass is 281 g/mol. The molecule has 0 unspecified atom stereocenters. The second-order valence-corrected chi connectivity index (χ2v) is 5.13. The lowest BCUT2D eigenvalue weighted by Gasteiger charge is -2.30. The lowest BCUT2D eigenvalue weighted by atomic mass is 10.0. The number of methoxy groups -OCH3 is 1. The highest BCUT2D eigenvalue weighted by Gasteiger charge is 2.25. The smallest absolute Gasteiger partial charge is 0.238 e. The highest BCUT2D eigenvalue weighted by molar-refractivity contribution is 6.27. The Morgan fingerprint density at radius 1 is 1.32 bits per heavy atom. The number of ether oxygens (including phenoxy) is 1. The Labute approximate surface area is 119 Å². The fraction of sp³-hybridized carbons (Fsp3) is 0.533. The van der Waals surface area contributed by atoms with Crippen molar-refractivity contribution in [2.24, 2.45) is 0 Å². The molecule has 0 aromatic heterocycles. The molecule has 1 atom stereocenters. The van der Waals surface area contributed by atoms with Gasteiger partial charge in [0.05, 0.1) is 13.2 Å². The number of carbonyl (C=O) groups is 1. The Hall–Kier alpha value is -1.22. The van der Waals surface area contributed by atoms with Gasteiger partial charge in [-0.15, -0.1) is 11.6 Å². The highest BCUT2D eigenvalue weighted by Crippen LogP contribution is 2.31. The molecule has 0 N–H and O–H groups in total. The molecular weight excluding hydrogens is 262 g/mol. The van der Waals surface area contributed by atoms with E-state index in [2.05, 4.69) is 0 Å². The van der Waals surface area contributed by atoms with Gasteiger partial charge in [-0.25, -0.2) is 0 Å². The van der Waals surface area contributed by atoms with E-state index in [4.69, 9.17) is 16.3 Å². The van der Waals surface area contributed by atoms with Crippen molar-refractivity contribution in [3.05, 3.63) is 29.8 Å². The number of benzene rings is 1. The fourth-order valence-corrected chi connectivity index (χ4v) is 2.81. The van der Waals surface area contributed by atoms with E-state index < -0.39 is 0 Å². The van der Waals surface area contributed by atoms with Gasteiger partial charge in [-0.05, 0) is 30.5 Å². The Kier molecular flexibility index (Phi) is 5.08. The molecule has 0 saturated carbocycles. The molecule has 1 heterocycles. The Morgan fingerprint density at radius 3 is 2.68 bits per heavy atom. The lowest BCUT2D eigenvalue weighted by molar-refractivity contribution is -0.130. The number of carbonyl (C=O) groups excluding carboxylic acids is 1. The zero-order valence-electron chi connectivity index (χ0n) is 11.3. The molecule has 1 aromatic rings. The van der Waals surface area contributed by atoms with Crippen LogP contribution < -0.4 is 4.74 Å². The van der Waals surface area contributed by atoms with E-state index in [-0.39, 0.29) is 17.8 Å². The fourth-order valence-electron chi connectivity index (χ4n) is 2.66. The number of alkyl halides is 1. The molecule has 1 aliphatic rings. The molecule has 0 radical (unpaired) electrons. The molecule has 1 amide bonds. The van der Waals surface area contributed by atoms with Crippen LogP contribution in [0.2, 0.25) is 0 Å². The Balaban J connectivity index is 2.23. The molecule has 1 aromatic carbocycles. The van der Waals surface area contributed by atoms with E-state index in [0.717, 1.165) is 31.6 Å². The van der Waals surface area contributed by atoms with E-state index in [1.165, 1.54) is 12.0 Å². The third-order valence-electron chi connectivity index (χ3n) is 3.69. The third-order valence-corrected chi connectivity index (χ3v) is 3.92. The summed E-state index contributed by atoms with van der Waals surface area (Å²) in [7, 11) is 1.66. The SMILES string of the molecule is COc1ccc([C@@H]2CCCCCN2C(=O)CCl)cc1. The number of hydrogen-bond donors (Lipinski definition) is 0. The van der Waals surface area contributed by atoms with E-state index >= 15 is 0 Å². The van der Waals surface area contributed by atoms with Crippen LogP contribution >= 0.6 is 11.6 Å². The van der Waals surface area contributed by atoms with Crippen molar-refractivity contribution in [1.29, 1.82) is 0 Å². The molecule has 2 rings (SSSR count). The van der Waals surface area contributed by atoms with Crippen LogP contribution in [-0.2, 0) is 4.79 Å². The van der Waals surface area contributed by atoms with Crippen LogP contribution in [-0.4, -0.2) is 30.3 Å². The topological polar surface area (TPSA) is 29.5 Å². The van der Waals surface area contributed by atoms with Crippen molar-refractivity contribution in [3.8, 4) is 5.75 Å². The minimum atomic E-state index is 0.0318. The molecule has 0 aliphatic carbocycles. The second-order valence-electron chi connectivity index (χ2n) is 4.86. The molecule has 1 fully saturated rings. The van der Waals surface area contributed by atoms with Gasteiger partial charge in [0.25, 0.3) is 0 Å². The van der Waals surface area contributed by atoms with Crippen LogP contribution in [0.5, 0.6) is 5.75 Å². The summed E-state index contributed by atoms with van der Waals surface area (Å²) in [5.41, 5.74) is 1.17. The number of hydrogen-bond acceptors (Lipinski definition) is 2. The average molecular weight is 282 g/mol. The van der Waals surface area contributed by atoms with Gasteiger partial charge in [-0.3, -0.25) is 4.79 Å². The van der Waals surface area contributed by atoms with Crippen LogP contribution in [0.3, 0.4) is 0 Å². The summed E-state index contributed by atoms with van der Waals surface area (Å²) >= 11 is 5.73. The van der Waals surface area contributed by atoms with E-state index in [1.54, 1.807) is 7.11 Å². The van der Waals surface area contributed by atoms with Crippen molar-refractivity contribution in [3.63, 3.8) is 0 Å². The Morgan fingerprint density at radius 2 is 2.05 bits per heavy atom. The Bertz CT molecular complexity index is 419. The maximum atomic E-state index is 12.0. The van der Waals surface area contributed by atoms with Crippen LogP contribution in [0.25, 0.3) is 0 Å². The van der Waals surface area contributed by atoms with Crippen LogP contribution in [0.1, 0.15) is 37.3 Å². The van der Waals surface area contributed by atoms with Gasteiger partial charge in [0.15, 0.2) is 0 Å². The molecule has 4 heteroatoms. The predicted molar refractivity (Wildman–Crippen MR) is 76.6 cm³/mol. The summed E-state index contributed by atoms with van der Waals surface area (Å²) in [4.78, 5) is 13.9. The summed E-state index contributed by atoms with van der Waals surface area (Å²) in [5.74, 6) is 0.934. The lowest BCUT2D eigenvalue weighted by Crippen LogP contribution is -2.35. The van der Waals surface area contributed by atoms with Gasteiger partial charge in [0.1, 0.15) is 11.6 Å². The molecular formula is C15H20ClNO2.